The molecule has 0 saturated heterocycles. The Morgan fingerprint density at radius 2 is 2.60 bits per heavy atom. The van der Waals surface area contributed by atoms with Crippen molar-refractivity contribution in [1.82, 2.24) is 15.2 Å². The van der Waals surface area contributed by atoms with Gasteiger partial charge in [0, 0.05) is 12.2 Å². The molecule has 1 aromatic heterocycles. The first-order chi connectivity index (χ1) is 4.93. The molecule has 1 heterocycles. The van der Waals surface area contributed by atoms with Crippen LogP contribution in [0.2, 0.25) is 0 Å². The topological polar surface area (TPSA) is 41.6 Å². The van der Waals surface area contributed by atoms with Crippen LogP contribution in [0.3, 0.4) is 0 Å². The van der Waals surface area contributed by atoms with Crippen molar-refractivity contribution in [3.8, 4) is 11.8 Å². The molecule has 0 bridgehead atoms. The average Bonchev–Trinajstić information content (AvgIpc) is 2.41. The van der Waals surface area contributed by atoms with E-state index in [0.29, 0.717) is 5.82 Å². The van der Waals surface area contributed by atoms with Gasteiger partial charge in [0.15, 0.2) is 0 Å². The lowest BCUT2D eigenvalue weighted by atomic mass is 10.4. The number of rotatable bonds is 1. The fourth-order valence-electron chi connectivity index (χ4n) is 0.468. The second-order valence-corrected chi connectivity index (χ2v) is 2.06. The van der Waals surface area contributed by atoms with E-state index in [1.54, 1.807) is 0 Å². The molecule has 0 aromatic carbocycles. The van der Waals surface area contributed by atoms with Crippen molar-refractivity contribution in [3.63, 3.8) is 0 Å². The lowest BCUT2D eigenvalue weighted by Gasteiger charge is -1.76. The Balaban J connectivity index is 2.49. The van der Waals surface area contributed by atoms with Gasteiger partial charge in [0.05, 0.1) is 0 Å². The minimum absolute atomic E-state index is 0.613. The molecule has 0 atom stereocenters. The van der Waals surface area contributed by atoms with Gasteiger partial charge >= 0.3 is 0 Å². The van der Waals surface area contributed by atoms with E-state index in [4.69, 9.17) is 0 Å². The third-order valence-corrected chi connectivity index (χ3v) is 1.08. The molecular weight excluding hydrogens is 146 g/mol. The van der Waals surface area contributed by atoms with Crippen LogP contribution in [0.25, 0.3) is 0 Å². The summed E-state index contributed by atoms with van der Waals surface area (Å²) in [5.74, 6) is 7.07. The van der Waals surface area contributed by atoms with Crippen LogP contribution in [0.4, 0.5) is 0 Å². The largest absolute Gasteiger partial charge is 0.253 e. The van der Waals surface area contributed by atoms with E-state index in [9.17, 15) is 0 Å². The highest BCUT2D eigenvalue weighted by Crippen LogP contribution is 1.82. The van der Waals surface area contributed by atoms with E-state index < -0.39 is 0 Å². The third-order valence-electron chi connectivity index (χ3n) is 0.859. The monoisotopic (exact) mass is 153 g/mol. The Morgan fingerprint density at radius 1 is 1.70 bits per heavy atom. The molecule has 0 radical (unpaired) electrons. The highest BCUT2D eigenvalue weighted by Gasteiger charge is 1.83. The normalized spacial score (nSPS) is 8.50. The molecule has 1 N–H and O–H groups in total. The lowest BCUT2D eigenvalue weighted by Crippen LogP contribution is -1.76. The summed E-state index contributed by atoms with van der Waals surface area (Å²) in [6.07, 6.45) is 2.22. The van der Waals surface area contributed by atoms with Gasteiger partial charge in [0.2, 0.25) is 5.82 Å². The Labute approximate surface area is 64.7 Å². The van der Waals surface area contributed by atoms with E-state index in [1.165, 1.54) is 6.33 Å². The van der Waals surface area contributed by atoms with Gasteiger partial charge in [0.25, 0.3) is 0 Å². The average molecular weight is 153 g/mol. The molecule has 3 nitrogen and oxygen atoms in total. The van der Waals surface area contributed by atoms with Crippen molar-refractivity contribution < 1.29 is 0 Å². The summed E-state index contributed by atoms with van der Waals surface area (Å²) in [7, 11) is 0. The second-order valence-electron chi connectivity index (χ2n) is 1.61. The first-order valence-corrected chi connectivity index (χ1v) is 3.52. The molecule has 1 rings (SSSR count). The first-order valence-electron chi connectivity index (χ1n) is 2.88. The number of nitrogens with one attached hydrogen (secondary N) is 1. The molecule has 52 valence electrons. The van der Waals surface area contributed by atoms with E-state index in [1.807, 2.05) is 0 Å². The molecule has 1 aromatic rings. The molecule has 0 aliphatic rings. The predicted molar refractivity (Wildman–Crippen MR) is 41.7 cm³/mol. The molecule has 0 saturated carbocycles. The van der Waals surface area contributed by atoms with Gasteiger partial charge in [-0.1, -0.05) is 5.92 Å². The molecule has 0 unspecified atom stereocenters. The van der Waals surface area contributed by atoms with Crippen LogP contribution in [0.1, 0.15) is 12.2 Å². The number of nitrogens with zero attached hydrogens (tertiary/aromatic N) is 2. The van der Waals surface area contributed by atoms with Crippen LogP contribution in [0.5, 0.6) is 0 Å². The highest BCUT2D eigenvalue weighted by atomic mass is 32.1. The van der Waals surface area contributed by atoms with Gasteiger partial charge in [-0.05, 0) is 5.92 Å². The highest BCUT2D eigenvalue weighted by molar-refractivity contribution is 7.80. The molecule has 10 heavy (non-hydrogen) atoms. The van der Waals surface area contributed by atoms with Crippen molar-refractivity contribution in [3.05, 3.63) is 12.2 Å². The standard InChI is InChI=1S/C6H7N3S/c10-4-2-1-3-6-7-5-8-9-6/h5,10H,2,4H2,(H,7,8,9). The van der Waals surface area contributed by atoms with Gasteiger partial charge in [-0.3, -0.25) is 5.10 Å². The summed E-state index contributed by atoms with van der Waals surface area (Å²) < 4.78 is 0. The van der Waals surface area contributed by atoms with Crippen molar-refractivity contribution in [2.75, 3.05) is 5.75 Å². The summed E-state index contributed by atoms with van der Waals surface area (Å²) in [5.41, 5.74) is 0. The number of H-pyrrole nitrogens is 1. The van der Waals surface area contributed by atoms with Crippen molar-refractivity contribution in [2.24, 2.45) is 0 Å². The van der Waals surface area contributed by atoms with E-state index in [-0.39, 0.29) is 0 Å². The summed E-state index contributed by atoms with van der Waals surface area (Å²) in [5, 5.41) is 6.28. The van der Waals surface area contributed by atoms with Crippen LogP contribution in [-0.4, -0.2) is 20.9 Å². The minimum atomic E-state index is 0.613. The minimum Gasteiger partial charge on any atom is -0.253 e. The van der Waals surface area contributed by atoms with Crippen molar-refractivity contribution in [2.45, 2.75) is 6.42 Å². The van der Waals surface area contributed by atoms with Gasteiger partial charge in [0.1, 0.15) is 6.33 Å². The third kappa shape index (κ3) is 2.11. The fourth-order valence-corrected chi connectivity index (χ4v) is 0.580. The maximum atomic E-state index is 4.00. The number of hydrogen-bond acceptors (Lipinski definition) is 3. The molecule has 0 amide bonds. The van der Waals surface area contributed by atoms with Crippen molar-refractivity contribution >= 4 is 12.6 Å². The van der Waals surface area contributed by atoms with Crippen LogP contribution in [-0.2, 0) is 0 Å². The van der Waals surface area contributed by atoms with E-state index >= 15 is 0 Å². The summed E-state index contributed by atoms with van der Waals surface area (Å²) in [4.78, 5) is 3.82. The molecule has 0 aliphatic carbocycles. The zero-order chi connectivity index (χ0) is 7.23. The predicted octanol–water partition coefficient (Wildman–Crippen LogP) is 0.476. The zero-order valence-electron chi connectivity index (χ0n) is 5.33. The van der Waals surface area contributed by atoms with E-state index in [0.717, 1.165) is 12.2 Å². The van der Waals surface area contributed by atoms with Gasteiger partial charge < -0.3 is 0 Å². The lowest BCUT2D eigenvalue weighted by molar-refractivity contribution is 1.07. The number of hydrogen-bond donors (Lipinski definition) is 2. The molecule has 0 fully saturated rings. The van der Waals surface area contributed by atoms with Gasteiger partial charge in [-0.15, -0.1) is 0 Å². The van der Waals surface area contributed by atoms with E-state index in [2.05, 4.69) is 39.7 Å². The maximum absolute atomic E-state index is 4.00. The second kappa shape index (κ2) is 3.96. The molecule has 0 spiro atoms. The smallest absolute Gasteiger partial charge is 0.200 e. The Kier molecular flexibility index (Phi) is 2.84. The number of aromatic amines is 1. The number of thiol groups is 1. The van der Waals surface area contributed by atoms with Crippen LogP contribution < -0.4 is 0 Å². The molecule has 4 heteroatoms. The first kappa shape index (κ1) is 7.16. The SMILES string of the molecule is SCCC#Cc1ncn[nH]1. The summed E-state index contributed by atoms with van der Waals surface area (Å²) in [6.45, 7) is 0. The Bertz CT molecular complexity index is 231. The maximum Gasteiger partial charge on any atom is 0.200 e. The summed E-state index contributed by atoms with van der Waals surface area (Å²) >= 11 is 4.00. The number of aromatic nitrogens is 3. The Morgan fingerprint density at radius 3 is 3.20 bits per heavy atom. The van der Waals surface area contributed by atoms with Crippen LogP contribution in [0.15, 0.2) is 6.33 Å². The van der Waals surface area contributed by atoms with Gasteiger partial charge in [-0.25, -0.2) is 4.98 Å². The molecular formula is C6H7N3S. The van der Waals surface area contributed by atoms with Crippen LogP contribution >= 0.6 is 12.6 Å². The molecule has 0 aliphatic heterocycles. The van der Waals surface area contributed by atoms with Gasteiger partial charge in [-0.2, -0.15) is 17.7 Å². The van der Waals surface area contributed by atoms with Crippen LogP contribution in [0, 0.1) is 11.8 Å². The Hall–Kier alpha value is -0.950. The fraction of sp³-hybridized carbons (Fsp3) is 0.333. The van der Waals surface area contributed by atoms with Crippen molar-refractivity contribution in [1.29, 1.82) is 0 Å². The quantitative estimate of drug-likeness (QED) is 0.455. The zero-order valence-corrected chi connectivity index (χ0v) is 6.23. The summed E-state index contributed by atoms with van der Waals surface area (Å²) in [6, 6.07) is 0.